The molecule has 5 aromatic rings. The molecule has 0 radical (unpaired) electrons. The zero-order valence-electron chi connectivity index (χ0n) is 30.7. The van der Waals surface area contributed by atoms with E-state index in [-0.39, 0.29) is 34.6 Å². The molecule has 3 aromatic heterocycles. The van der Waals surface area contributed by atoms with E-state index < -0.39 is 30.0 Å². The zero-order valence-corrected chi connectivity index (χ0v) is 31.4. The first-order chi connectivity index (χ1) is 26.8. The highest BCUT2D eigenvalue weighted by atomic mass is 35.5. The number of aryl methyl sites for hydroxylation is 2. The lowest BCUT2D eigenvalue weighted by atomic mass is 9.60. The highest BCUT2D eigenvalue weighted by Crippen LogP contribution is 2.51. The summed E-state index contributed by atoms with van der Waals surface area (Å²) in [6, 6.07) is 10.6. The molecule has 3 aliphatic heterocycles. The predicted octanol–water partition coefficient (Wildman–Crippen LogP) is 5.43. The molecule has 1 unspecified atom stereocenters. The number of nitrogens with one attached hydrogen (secondary N) is 4. The van der Waals surface area contributed by atoms with Gasteiger partial charge in [-0.25, -0.2) is 13.8 Å². The summed E-state index contributed by atoms with van der Waals surface area (Å²) in [5, 5.41) is 18.9. The Hall–Kier alpha value is -5.51. The third kappa shape index (κ3) is 5.79. The quantitative estimate of drug-likeness (QED) is 0.156. The predicted molar refractivity (Wildman–Crippen MR) is 207 cm³/mol. The number of carbonyl (C=O) groups is 2. The van der Waals surface area contributed by atoms with Crippen LogP contribution in [0, 0.1) is 11.3 Å². The van der Waals surface area contributed by atoms with E-state index in [1.165, 1.54) is 4.57 Å². The van der Waals surface area contributed by atoms with Gasteiger partial charge in [0.2, 0.25) is 23.5 Å². The molecule has 6 heterocycles. The first-order valence-corrected chi connectivity index (χ1v) is 19.3. The molecule has 4 fully saturated rings. The van der Waals surface area contributed by atoms with E-state index >= 15 is 8.78 Å². The number of ether oxygens (including phenoxy) is 1. The van der Waals surface area contributed by atoms with Crippen LogP contribution in [-0.2, 0) is 23.7 Å². The Labute approximate surface area is 323 Å². The van der Waals surface area contributed by atoms with Crippen LogP contribution in [0.2, 0.25) is 5.02 Å². The zero-order chi connectivity index (χ0) is 38.7. The van der Waals surface area contributed by atoms with Gasteiger partial charge < -0.3 is 30.2 Å². The number of imide groups is 1. The third-order valence-electron chi connectivity index (χ3n) is 12.1. The van der Waals surface area contributed by atoms with Gasteiger partial charge >= 0.3 is 5.92 Å². The van der Waals surface area contributed by atoms with Crippen LogP contribution in [0.4, 0.5) is 37.6 Å². The fourth-order valence-corrected chi connectivity index (χ4v) is 9.23. The van der Waals surface area contributed by atoms with Crippen LogP contribution in [0.1, 0.15) is 50.1 Å². The van der Waals surface area contributed by atoms with Gasteiger partial charge in [-0.1, -0.05) is 11.6 Å². The fraction of sp³-hybridized carbons (Fsp3) is 0.436. The summed E-state index contributed by atoms with van der Waals surface area (Å²) in [4.78, 5) is 48.8. The van der Waals surface area contributed by atoms with E-state index in [9.17, 15) is 14.4 Å². The van der Waals surface area contributed by atoms with Crippen molar-refractivity contribution < 1.29 is 23.1 Å². The summed E-state index contributed by atoms with van der Waals surface area (Å²) < 4.78 is 38.9. The second kappa shape index (κ2) is 12.5. The Morgan fingerprint density at radius 3 is 2.54 bits per heavy atom. The largest absolute Gasteiger partial charge is 0.480 e. The van der Waals surface area contributed by atoms with E-state index in [1.54, 1.807) is 36.1 Å². The first kappa shape index (κ1) is 34.9. The monoisotopic (exact) mass is 784 g/mol. The van der Waals surface area contributed by atoms with Crippen LogP contribution < -0.4 is 36.5 Å². The van der Waals surface area contributed by atoms with Gasteiger partial charge in [0.25, 0.3) is 5.56 Å². The second-order valence-corrected chi connectivity index (χ2v) is 16.6. The molecule has 1 spiro atoms. The third-order valence-corrected chi connectivity index (χ3v) is 12.4. The SMILES string of the molecule is Cn1nc(C2CCC(=O)NC2=O)c2ccc(NC3CC4(C3)CN(c3ncc(Cl)c(Nc5ccc6c(c5)c5c(c(=O)n6C)OCC(F)(F)[C@H](C6CC6)N5)n3)C4)cc21. The van der Waals surface area contributed by atoms with Gasteiger partial charge in [0.05, 0.1) is 40.6 Å². The summed E-state index contributed by atoms with van der Waals surface area (Å²) in [5.41, 5.74) is 3.72. The number of rotatable bonds is 7. The number of anilines is 5. The van der Waals surface area contributed by atoms with Gasteiger partial charge in [-0.05, 0) is 74.4 Å². The minimum atomic E-state index is -3.13. The number of hydrogen-bond donors (Lipinski definition) is 4. The number of benzene rings is 2. The van der Waals surface area contributed by atoms with Crippen molar-refractivity contribution >= 4 is 74.0 Å². The topological polar surface area (TPSA) is 160 Å². The number of pyridine rings is 1. The van der Waals surface area contributed by atoms with Crippen molar-refractivity contribution in [3.8, 4) is 5.75 Å². The summed E-state index contributed by atoms with van der Waals surface area (Å²) in [7, 11) is 3.46. The standard InChI is InChI=1S/C39H39ClF2N10O4/c1-50-27-9-6-20(11-25(27)31-32(36(50)55)56-18-39(41,42)33(47-31)19-3-4-19)45-34-26(40)15-43-37(48-34)52-16-38(17-52)13-22(14-38)44-21-5-7-23-28(12-21)51(2)49-30(23)24-8-10-29(53)46-35(24)54/h5-7,9,11-12,15,19,22,24,33,44,47H,3-4,8,10,13-14,16-18H2,1-2H3,(H,43,45,48)(H,46,53,54)/t24?,33-/m0/s1. The average molecular weight is 785 g/mol. The number of alkyl halides is 2. The number of piperidine rings is 1. The number of amides is 2. The summed E-state index contributed by atoms with van der Waals surface area (Å²) in [5.74, 6) is -3.47. The second-order valence-electron chi connectivity index (χ2n) is 16.2. The molecule has 2 saturated carbocycles. The number of aromatic nitrogens is 5. The van der Waals surface area contributed by atoms with Gasteiger partial charge in [-0.3, -0.25) is 24.4 Å². The van der Waals surface area contributed by atoms with Gasteiger partial charge in [-0.2, -0.15) is 10.1 Å². The molecule has 10 rings (SSSR count). The van der Waals surface area contributed by atoms with Crippen LogP contribution in [0.25, 0.3) is 21.8 Å². The van der Waals surface area contributed by atoms with Crippen molar-refractivity contribution in [2.45, 2.75) is 62.4 Å². The molecule has 4 N–H and O–H groups in total. The number of fused-ring (bicyclic) bond motifs is 4. The fourth-order valence-electron chi connectivity index (χ4n) is 9.09. The van der Waals surface area contributed by atoms with Gasteiger partial charge in [0, 0.05) is 67.2 Å². The van der Waals surface area contributed by atoms with Crippen LogP contribution in [0.15, 0.2) is 47.4 Å². The lowest BCUT2D eigenvalue weighted by Crippen LogP contribution is -2.65. The molecular weight excluding hydrogens is 746 g/mol. The summed E-state index contributed by atoms with van der Waals surface area (Å²) >= 11 is 6.58. The highest BCUT2D eigenvalue weighted by molar-refractivity contribution is 6.33. The maximum atomic E-state index is 15.1. The first-order valence-electron chi connectivity index (χ1n) is 18.9. The molecule has 2 aromatic carbocycles. The molecule has 2 atom stereocenters. The molecule has 2 saturated heterocycles. The van der Waals surface area contributed by atoms with Crippen LogP contribution in [0.3, 0.4) is 0 Å². The van der Waals surface area contributed by atoms with Crippen molar-refractivity contribution in [1.29, 1.82) is 0 Å². The smallest absolute Gasteiger partial charge is 0.301 e. The molecular formula is C39H39ClF2N10O4. The molecule has 0 bridgehead atoms. The van der Waals surface area contributed by atoms with Crippen molar-refractivity contribution in [2.75, 3.05) is 40.5 Å². The van der Waals surface area contributed by atoms with E-state index in [1.807, 2.05) is 19.2 Å². The van der Waals surface area contributed by atoms with Crippen molar-refractivity contribution in [3.63, 3.8) is 0 Å². The number of hydrogen-bond acceptors (Lipinski definition) is 11. The Morgan fingerprint density at radius 2 is 1.77 bits per heavy atom. The van der Waals surface area contributed by atoms with E-state index in [4.69, 9.17) is 21.3 Å². The number of halogens is 3. The van der Waals surface area contributed by atoms with Crippen molar-refractivity contribution in [2.24, 2.45) is 25.4 Å². The molecule has 14 nitrogen and oxygen atoms in total. The van der Waals surface area contributed by atoms with Crippen LogP contribution in [-0.4, -0.2) is 73.8 Å². The minimum Gasteiger partial charge on any atom is -0.480 e. The number of nitrogens with zero attached hydrogens (tertiary/aromatic N) is 6. The minimum absolute atomic E-state index is 0.113. The highest BCUT2D eigenvalue weighted by Gasteiger charge is 2.53. The summed E-state index contributed by atoms with van der Waals surface area (Å²) in [6.45, 7) is 0.744. The van der Waals surface area contributed by atoms with Crippen LogP contribution in [0.5, 0.6) is 5.75 Å². The maximum Gasteiger partial charge on any atom is 0.301 e. The normalized spacial score (nSPS) is 22.8. The van der Waals surface area contributed by atoms with Gasteiger partial charge in [0.15, 0.2) is 12.4 Å². The lowest BCUT2D eigenvalue weighted by molar-refractivity contribution is -0.134. The molecule has 2 aliphatic carbocycles. The molecule has 290 valence electrons. The maximum absolute atomic E-state index is 15.1. The molecule has 5 aliphatic rings. The summed E-state index contributed by atoms with van der Waals surface area (Å²) in [6.07, 6.45) is 5.70. The van der Waals surface area contributed by atoms with Crippen LogP contribution >= 0.6 is 11.6 Å². The average Bonchev–Trinajstić information content (AvgIpc) is 3.94. The van der Waals surface area contributed by atoms with Gasteiger partial charge in [0.1, 0.15) is 5.02 Å². The number of carbonyl (C=O) groups excluding carboxylic acids is 2. The van der Waals surface area contributed by atoms with Gasteiger partial charge in [-0.15, -0.1) is 0 Å². The lowest BCUT2D eigenvalue weighted by Gasteiger charge is -2.59. The molecule has 2 amide bonds. The van der Waals surface area contributed by atoms with E-state index in [2.05, 4.69) is 42.3 Å². The Balaban J connectivity index is 0.814. The van der Waals surface area contributed by atoms with E-state index in [0.717, 1.165) is 42.5 Å². The Morgan fingerprint density at radius 1 is 0.982 bits per heavy atom. The Kier molecular flexibility index (Phi) is 7.80. The van der Waals surface area contributed by atoms with Crippen molar-refractivity contribution in [3.05, 3.63) is 63.7 Å². The molecule has 17 heteroatoms. The Bertz CT molecular complexity index is 2540. The van der Waals surface area contributed by atoms with Crippen molar-refractivity contribution in [1.82, 2.24) is 29.6 Å². The molecule has 56 heavy (non-hydrogen) atoms. The van der Waals surface area contributed by atoms with E-state index in [0.29, 0.717) is 70.8 Å².